The Morgan fingerprint density at radius 3 is 2.66 bits per heavy atom. The van der Waals surface area contributed by atoms with Gasteiger partial charge in [-0.2, -0.15) is 10.2 Å². The smallest absolute Gasteiger partial charge is 0.238 e. The molecule has 0 radical (unpaired) electrons. The monoisotopic (exact) mass is 399 g/mol. The Hall–Kier alpha value is -3.43. The van der Waals surface area contributed by atoms with Gasteiger partial charge in [0.1, 0.15) is 24.6 Å². The van der Waals surface area contributed by atoms with Crippen LogP contribution in [0.1, 0.15) is 32.2 Å². The second kappa shape index (κ2) is 6.87. The molecule has 4 rings (SSSR count). The lowest BCUT2D eigenvalue weighted by molar-refractivity contribution is 0.270. The molecule has 0 N–H and O–H groups in total. The maximum Gasteiger partial charge on any atom is 0.238 e. The fourth-order valence-corrected chi connectivity index (χ4v) is 3.10. The van der Waals surface area contributed by atoms with Crippen LogP contribution >= 0.6 is 0 Å². The summed E-state index contributed by atoms with van der Waals surface area (Å²) in [6.45, 7) is 6.15. The second-order valence-corrected chi connectivity index (χ2v) is 7.61. The molecule has 0 atom stereocenters. The van der Waals surface area contributed by atoms with E-state index < -0.39 is 11.6 Å². The molecule has 4 aromatic rings. The van der Waals surface area contributed by atoms with Gasteiger partial charge in [0.15, 0.2) is 11.6 Å². The average molecular weight is 399 g/mol. The number of aromatic nitrogens is 7. The molecule has 0 amide bonds. The van der Waals surface area contributed by atoms with Gasteiger partial charge in [-0.25, -0.2) is 18.3 Å². The first kappa shape index (κ1) is 18.9. The van der Waals surface area contributed by atoms with Gasteiger partial charge < -0.3 is 4.74 Å². The molecule has 0 spiro atoms. The van der Waals surface area contributed by atoms with Crippen LogP contribution in [0.3, 0.4) is 0 Å². The zero-order valence-electron chi connectivity index (χ0n) is 16.4. The van der Waals surface area contributed by atoms with Crippen molar-refractivity contribution in [1.29, 1.82) is 0 Å². The lowest BCUT2D eigenvalue weighted by atomic mass is 9.88. The van der Waals surface area contributed by atoms with E-state index in [9.17, 15) is 8.78 Å². The summed E-state index contributed by atoms with van der Waals surface area (Å²) < 4.78 is 37.1. The van der Waals surface area contributed by atoms with Crippen LogP contribution in [0.15, 0.2) is 30.7 Å². The van der Waals surface area contributed by atoms with Gasteiger partial charge in [-0.3, -0.25) is 4.68 Å². The highest BCUT2D eigenvalue weighted by molar-refractivity contribution is 5.66. The van der Waals surface area contributed by atoms with E-state index in [1.165, 1.54) is 17.0 Å². The summed E-state index contributed by atoms with van der Waals surface area (Å²) in [7, 11) is 1.76. The van der Waals surface area contributed by atoms with Gasteiger partial charge in [0.25, 0.3) is 0 Å². The second-order valence-electron chi connectivity index (χ2n) is 7.61. The summed E-state index contributed by atoms with van der Waals surface area (Å²) in [4.78, 5) is 4.14. The number of nitrogens with zero attached hydrogens (tertiary/aromatic N) is 7. The fraction of sp³-hybridized carbons (Fsp3) is 0.316. The van der Waals surface area contributed by atoms with Gasteiger partial charge in [0, 0.05) is 12.6 Å². The topological polar surface area (TPSA) is 83.0 Å². The number of fused-ring (bicyclic) bond motifs is 1. The average Bonchev–Trinajstić information content (AvgIpc) is 3.24. The third-order valence-electron chi connectivity index (χ3n) is 4.48. The highest BCUT2D eigenvalue weighted by atomic mass is 19.1. The minimum atomic E-state index is -0.623. The van der Waals surface area contributed by atoms with Crippen molar-refractivity contribution >= 4 is 5.52 Å². The van der Waals surface area contributed by atoms with E-state index in [4.69, 9.17) is 4.74 Å². The molecule has 0 fully saturated rings. The van der Waals surface area contributed by atoms with Crippen LogP contribution in [0, 0.1) is 11.6 Å². The van der Waals surface area contributed by atoms with Crippen molar-refractivity contribution < 1.29 is 13.5 Å². The molecule has 0 aliphatic carbocycles. The van der Waals surface area contributed by atoms with E-state index in [1.54, 1.807) is 11.7 Å². The number of hydrogen-bond donors (Lipinski definition) is 0. The van der Waals surface area contributed by atoms with Crippen molar-refractivity contribution in [3.05, 3.63) is 53.7 Å². The van der Waals surface area contributed by atoms with E-state index in [0.29, 0.717) is 17.2 Å². The minimum absolute atomic E-state index is 0.0362. The molecule has 0 aliphatic heterocycles. The van der Waals surface area contributed by atoms with Gasteiger partial charge in [0.05, 0.1) is 17.3 Å². The number of halogens is 2. The van der Waals surface area contributed by atoms with Gasteiger partial charge in [0.2, 0.25) is 5.88 Å². The van der Waals surface area contributed by atoms with E-state index in [0.717, 1.165) is 23.8 Å². The van der Waals surface area contributed by atoms with Gasteiger partial charge in [-0.15, -0.1) is 10.2 Å². The third kappa shape index (κ3) is 3.41. The highest BCUT2D eigenvalue weighted by Gasteiger charge is 2.28. The van der Waals surface area contributed by atoms with Crippen molar-refractivity contribution in [3.63, 3.8) is 0 Å². The van der Waals surface area contributed by atoms with Crippen LogP contribution in [-0.2, 0) is 19.1 Å². The summed E-state index contributed by atoms with van der Waals surface area (Å²) in [6.07, 6.45) is 2.97. The molecular weight excluding hydrogens is 380 g/mol. The predicted molar refractivity (Wildman–Crippen MR) is 100 cm³/mol. The maximum atomic E-state index is 14.4. The Morgan fingerprint density at radius 1 is 1.17 bits per heavy atom. The predicted octanol–water partition coefficient (Wildman–Crippen LogP) is 3.07. The Morgan fingerprint density at radius 2 is 1.97 bits per heavy atom. The molecule has 10 heteroatoms. The Kier molecular flexibility index (Phi) is 4.48. The van der Waals surface area contributed by atoms with Crippen molar-refractivity contribution in [2.75, 3.05) is 0 Å². The van der Waals surface area contributed by atoms with Crippen LogP contribution in [0.25, 0.3) is 16.9 Å². The molecule has 8 nitrogen and oxygen atoms in total. The zero-order chi connectivity index (χ0) is 20.8. The molecule has 3 heterocycles. The summed E-state index contributed by atoms with van der Waals surface area (Å²) in [6, 6.07) is 3.16. The van der Waals surface area contributed by atoms with Crippen molar-refractivity contribution in [2.24, 2.45) is 7.05 Å². The van der Waals surface area contributed by atoms with Gasteiger partial charge in [-0.1, -0.05) is 20.8 Å². The maximum absolute atomic E-state index is 14.4. The first-order valence-corrected chi connectivity index (χ1v) is 8.91. The Bertz CT molecular complexity index is 1190. The van der Waals surface area contributed by atoms with Crippen molar-refractivity contribution in [2.45, 2.75) is 32.8 Å². The number of aryl methyl sites for hydroxylation is 1. The summed E-state index contributed by atoms with van der Waals surface area (Å²) in [5.74, 6) is -0.161. The molecule has 0 saturated carbocycles. The normalized spacial score (nSPS) is 11.9. The quantitative estimate of drug-likeness (QED) is 0.525. The molecule has 150 valence electrons. The van der Waals surface area contributed by atoms with Crippen LogP contribution < -0.4 is 4.74 Å². The number of benzene rings is 1. The first-order valence-electron chi connectivity index (χ1n) is 8.91. The summed E-state index contributed by atoms with van der Waals surface area (Å²) in [5.41, 5.74) is 0.968. The highest BCUT2D eigenvalue weighted by Crippen LogP contribution is 2.36. The van der Waals surface area contributed by atoms with Crippen LogP contribution in [0.2, 0.25) is 0 Å². The van der Waals surface area contributed by atoms with E-state index >= 15 is 0 Å². The molecule has 3 aromatic heterocycles. The van der Waals surface area contributed by atoms with Crippen LogP contribution in [0.4, 0.5) is 8.78 Å². The largest absolute Gasteiger partial charge is 0.468 e. The lowest BCUT2D eigenvalue weighted by Crippen LogP contribution is -2.14. The van der Waals surface area contributed by atoms with Gasteiger partial charge in [-0.05, 0) is 23.6 Å². The van der Waals surface area contributed by atoms with Crippen LogP contribution in [-0.4, -0.2) is 34.6 Å². The number of rotatable bonds is 4. The zero-order valence-corrected chi connectivity index (χ0v) is 16.4. The first-order chi connectivity index (χ1) is 13.8. The number of hydrogen-bond acceptors (Lipinski definition) is 6. The SMILES string of the molecule is Cn1ncnc1COc1nn2c(-c3cc(F)ccc3F)nncc2c1C(C)(C)C. The standard InChI is InChI=1S/C19H19F2N7O/c1-19(2,3)16-14-8-23-25-17(12-7-11(20)5-6-13(12)21)28(14)26-18(16)29-9-15-22-10-24-27(15)4/h5-8,10H,9H2,1-4H3. The Balaban J connectivity index is 1.88. The molecular formula is C19H19F2N7O. The molecule has 0 aliphatic rings. The van der Waals surface area contributed by atoms with E-state index in [1.807, 2.05) is 20.8 Å². The lowest BCUT2D eigenvalue weighted by Gasteiger charge is -2.18. The molecule has 29 heavy (non-hydrogen) atoms. The minimum Gasteiger partial charge on any atom is -0.468 e. The van der Waals surface area contributed by atoms with Crippen LogP contribution in [0.5, 0.6) is 5.88 Å². The van der Waals surface area contributed by atoms with Gasteiger partial charge >= 0.3 is 0 Å². The molecule has 0 saturated heterocycles. The third-order valence-corrected chi connectivity index (χ3v) is 4.48. The molecule has 0 unspecified atom stereocenters. The fourth-order valence-electron chi connectivity index (χ4n) is 3.10. The van der Waals surface area contributed by atoms with Crippen molar-refractivity contribution in [1.82, 2.24) is 34.6 Å². The number of ether oxygens (including phenoxy) is 1. The van der Waals surface area contributed by atoms with E-state index in [2.05, 4.69) is 25.4 Å². The summed E-state index contributed by atoms with van der Waals surface area (Å²) in [5, 5.41) is 16.5. The Labute approximate surface area is 165 Å². The molecule has 0 bridgehead atoms. The van der Waals surface area contributed by atoms with E-state index in [-0.39, 0.29) is 23.4 Å². The summed E-state index contributed by atoms with van der Waals surface area (Å²) >= 11 is 0. The molecule has 1 aromatic carbocycles. The van der Waals surface area contributed by atoms with Crippen molar-refractivity contribution in [3.8, 4) is 17.3 Å².